The maximum absolute atomic E-state index is 13.8. The number of alkyl halides is 1. The number of fused-ring (bicyclic) bond motifs is 1. The first-order valence-electron chi connectivity index (χ1n) is 12.8. The first-order valence-corrected chi connectivity index (χ1v) is 17.9. The maximum Gasteiger partial charge on any atom is 0.410 e. The molecular weight excluding hydrogens is 562 g/mol. The molecule has 0 bridgehead atoms. The summed E-state index contributed by atoms with van der Waals surface area (Å²) in [5.41, 5.74) is 1.49. The average molecular weight is 596 g/mol. The van der Waals surface area contributed by atoms with Crippen LogP contribution < -0.4 is 0 Å². The third-order valence-electron chi connectivity index (χ3n) is 7.01. The number of thioether (sulfide) groups is 1. The highest BCUT2D eigenvalue weighted by Gasteiger charge is 2.60. The number of carboxylic acid groups (broad SMARTS) is 1. The maximum atomic E-state index is 13.8. The Kier molecular flexibility index (Phi) is 8.74. The summed E-state index contributed by atoms with van der Waals surface area (Å²) in [5.74, 6) is -1.94. The molecule has 4 rings (SSSR count). The number of carbonyl (C=O) groups excluding carboxylic acids is 2. The highest BCUT2D eigenvalue weighted by molar-refractivity contribution is 8.04. The zero-order valence-corrected chi connectivity index (χ0v) is 25.3. The number of aromatic nitrogens is 1. The van der Waals surface area contributed by atoms with E-state index in [9.17, 15) is 23.9 Å². The summed E-state index contributed by atoms with van der Waals surface area (Å²) in [6.45, 7) is 13.1. The summed E-state index contributed by atoms with van der Waals surface area (Å²) in [4.78, 5) is 45.7. The van der Waals surface area contributed by atoms with Crippen LogP contribution in [-0.2, 0) is 18.8 Å². The number of hydrogen-bond acceptors (Lipinski definition) is 8. The Balaban J connectivity index is 1.51. The van der Waals surface area contributed by atoms with Crippen LogP contribution in [0.25, 0.3) is 5.57 Å². The largest absolute Gasteiger partial charge is 0.477 e. The van der Waals surface area contributed by atoms with Gasteiger partial charge in [0.15, 0.2) is 12.7 Å². The Morgan fingerprint density at radius 3 is 2.74 bits per heavy atom. The van der Waals surface area contributed by atoms with Crippen LogP contribution in [0.2, 0.25) is 19.6 Å². The van der Waals surface area contributed by atoms with E-state index in [1.807, 2.05) is 25.3 Å². The molecule has 5 atom stereocenters. The molecule has 1 N–H and O–H groups in total. The molecule has 1 aromatic heterocycles. The van der Waals surface area contributed by atoms with E-state index >= 15 is 0 Å². The van der Waals surface area contributed by atoms with Crippen molar-refractivity contribution in [3.05, 3.63) is 40.4 Å². The molecule has 39 heavy (non-hydrogen) atoms. The number of carbonyl (C=O) groups is 3. The molecule has 0 saturated carbocycles. The lowest BCUT2D eigenvalue weighted by Gasteiger charge is -2.48. The number of thiazole rings is 1. The number of aliphatic carboxylic acids is 1. The molecule has 0 aliphatic carbocycles. The van der Waals surface area contributed by atoms with Gasteiger partial charge in [-0.3, -0.25) is 9.69 Å². The van der Waals surface area contributed by atoms with Crippen LogP contribution in [0, 0.1) is 11.8 Å². The molecule has 0 radical (unpaired) electrons. The fourth-order valence-corrected chi connectivity index (χ4v) is 8.78. The van der Waals surface area contributed by atoms with E-state index in [0.717, 1.165) is 5.57 Å². The van der Waals surface area contributed by atoms with Gasteiger partial charge in [-0.05, 0) is 38.6 Å². The first kappa shape index (κ1) is 29.5. The van der Waals surface area contributed by atoms with Gasteiger partial charge in [-0.15, -0.1) is 11.3 Å². The van der Waals surface area contributed by atoms with E-state index < -0.39 is 39.0 Å². The summed E-state index contributed by atoms with van der Waals surface area (Å²) in [5, 5.41) is 11.9. The molecule has 3 aliphatic heterocycles. The summed E-state index contributed by atoms with van der Waals surface area (Å²) in [7, 11) is -1.89. The lowest BCUT2D eigenvalue weighted by atomic mass is 9.79. The Morgan fingerprint density at radius 1 is 1.41 bits per heavy atom. The topological polar surface area (TPSA) is 109 Å². The summed E-state index contributed by atoms with van der Waals surface area (Å²) < 4.78 is 25.7. The molecule has 3 aliphatic rings. The quantitative estimate of drug-likeness (QED) is 0.229. The number of hydrogen-bond donors (Lipinski definition) is 1. The van der Waals surface area contributed by atoms with Gasteiger partial charge in [0.2, 0.25) is 5.91 Å². The zero-order chi connectivity index (χ0) is 28.6. The molecule has 1 fully saturated rings. The van der Waals surface area contributed by atoms with Gasteiger partial charge in [0, 0.05) is 22.7 Å². The number of β-lactam (4-membered cyclic amide) rings is 1. The molecule has 2 amide bonds. The first-order chi connectivity index (χ1) is 18.4. The van der Waals surface area contributed by atoms with Crippen molar-refractivity contribution in [2.75, 3.05) is 19.8 Å². The number of halogens is 1. The fourth-order valence-electron chi connectivity index (χ4n) is 5.41. The molecule has 0 aromatic carbocycles. The predicted octanol–water partition coefficient (Wildman–Crippen LogP) is 5.00. The number of carboxylic acids is 1. The summed E-state index contributed by atoms with van der Waals surface area (Å²) in [6, 6.07) is -0.932. The molecular formula is C26H34FN3O6S2Si. The van der Waals surface area contributed by atoms with E-state index in [4.69, 9.17) is 14.1 Å². The second-order valence-electron chi connectivity index (χ2n) is 10.8. The van der Waals surface area contributed by atoms with Crippen LogP contribution in [0.3, 0.4) is 0 Å². The molecule has 9 nitrogen and oxygen atoms in total. The van der Waals surface area contributed by atoms with Gasteiger partial charge in [0.1, 0.15) is 19.0 Å². The van der Waals surface area contributed by atoms with Crippen LogP contribution in [0.15, 0.2) is 39.1 Å². The lowest BCUT2D eigenvalue weighted by Crippen LogP contribution is -2.64. The van der Waals surface area contributed by atoms with E-state index in [0.29, 0.717) is 14.9 Å². The van der Waals surface area contributed by atoms with Crippen LogP contribution in [0.4, 0.5) is 9.18 Å². The average Bonchev–Trinajstić information content (AvgIpc) is 3.42. The van der Waals surface area contributed by atoms with Crippen LogP contribution in [-0.4, -0.2) is 84.2 Å². The van der Waals surface area contributed by atoms with E-state index in [1.165, 1.54) is 39.0 Å². The van der Waals surface area contributed by atoms with Gasteiger partial charge in [-0.25, -0.2) is 19.0 Å². The van der Waals surface area contributed by atoms with Crippen molar-refractivity contribution in [3.8, 4) is 0 Å². The van der Waals surface area contributed by atoms with Crippen molar-refractivity contribution < 1.29 is 33.0 Å². The van der Waals surface area contributed by atoms with Crippen molar-refractivity contribution in [1.82, 2.24) is 14.8 Å². The molecule has 0 spiro atoms. The van der Waals surface area contributed by atoms with Crippen LogP contribution in [0.1, 0.15) is 26.0 Å². The van der Waals surface area contributed by atoms with Crippen molar-refractivity contribution in [2.24, 2.45) is 11.8 Å². The minimum Gasteiger partial charge on any atom is -0.477 e. The van der Waals surface area contributed by atoms with E-state index in [2.05, 4.69) is 26.2 Å². The SMILES string of the molecule is C=CCOC(=O)N1CC=C(c2csc(SC3=C(C(=O)O)N4C(=O)[C@H]([C@@H](C)O[Si](C)(C)C)[C@H]4[C@H]3C)n2)C[C@H]1CF. The number of nitrogens with zero attached hydrogens (tertiary/aromatic N) is 3. The molecule has 0 unspecified atom stereocenters. The Morgan fingerprint density at radius 2 is 2.13 bits per heavy atom. The van der Waals surface area contributed by atoms with Gasteiger partial charge in [0.25, 0.3) is 0 Å². The highest BCUT2D eigenvalue weighted by atomic mass is 32.2. The van der Waals surface area contributed by atoms with Crippen molar-refractivity contribution >= 4 is 55.0 Å². The molecule has 212 valence electrons. The fraction of sp³-hybridized carbons (Fsp3) is 0.538. The molecule has 1 saturated heterocycles. The molecule has 13 heteroatoms. The minimum atomic E-state index is -1.89. The van der Waals surface area contributed by atoms with Gasteiger partial charge < -0.3 is 19.2 Å². The van der Waals surface area contributed by atoms with Crippen molar-refractivity contribution in [3.63, 3.8) is 0 Å². The molecule has 1 aromatic rings. The third-order valence-corrected chi connectivity index (χ3v) is 10.3. The lowest BCUT2D eigenvalue weighted by molar-refractivity contribution is -0.162. The van der Waals surface area contributed by atoms with Gasteiger partial charge >= 0.3 is 12.1 Å². The smallest absolute Gasteiger partial charge is 0.410 e. The van der Waals surface area contributed by atoms with Crippen molar-refractivity contribution in [2.45, 2.75) is 62.4 Å². The monoisotopic (exact) mass is 595 g/mol. The number of ether oxygens (including phenoxy) is 1. The van der Waals surface area contributed by atoms with Gasteiger partial charge in [0.05, 0.1) is 29.8 Å². The normalized spacial score (nSPS) is 25.7. The van der Waals surface area contributed by atoms with Crippen LogP contribution in [0.5, 0.6) is 0 Å². The minimum absolute atomic E-state index is 0.0127. The third kappa shape index (κ3) is 5.86. The van der Waals surface area contributed by atoms with Gasteiger partial charge in [-0.2, -0.15) is 0 Å². The molecule has 4 heterocycles. The van der Waals surface area contributed by atoms with Gasteiger partial charge in [-0.1, -0.05) is 37.4 Å². The Hall–Kier alpha value is -2.48. The standard InChI is InChI=1S/C26H34FN3O6S2Si/c1-7-10-35-26(34)29-9-8-16(11-17(29)12-27)18-13-37-25(28-18)38-22-14(2)20-19(15(3)36-39(4,5)6)23(31)30(20)21(22)24(32)33/h7-8,13-15,17,19-20H,1,9-12H2,2-6H3,(H,32,33)/t14-,15-,17+,19-,20-/m1/s1. The number of rotatable bonds is 10. The van der Waals surface area contributed by atoms with Crippen molar-refractivity contribution in [1.29, 1.82) is 0 Å². The van der Waals surface area contributed by atoms with Crippen LogP contribution >= 0.6 is 23.1 Å². The predicted molar refractivity (Wildman–Crippen MR) is 150 cm³/mol. The highest BCUT2D eigenvalue weighted by Crippen LogP contribution is 2.53. The summed E-state index contributed by atoms with van der Waals surface area (Å²) >= 11 is 2.63. The second kappa shape index (κ2) is 11.6. The number of amides is 2. The Bertz CT molecular complexity index is 1230. The second-order valence-corrected chi connectivity index (χ2v) is 17.4. The summed E-state index contributed by atoms with van der Waals surface area (Å²) in [6.07, 6.45) is 2.69. The Labute approximate surface area is 236 Å². The zero-order valence-electron chi connectivity index (χ0n) is 22.7. The van der Waals surface area contributed by atoms with E-state index in [1.54, 1.807) is 0 Å². The van der Waals surface area contributed by atoms with E-state index in [-0.39, 0.29) is 49.2 Å².